The standard InChI is InChI=1S/C19H16ClN5O/c1-24-18(16(20)11-23-24)9-17-14-6-2-3-7-15(14)19(26)25(17)8-4-5-13-10-21-12-22-13/h2-3,6-7,10-12,17H,8-9H2,1H3,(H,21,22). The van der Waals surface area contributed by atoms with Crippen LogP contribution in [0, 0.1) is 11.8 Å². The van der Waals surface area contributed by atoms with E-state index in [1.54, 1.807) is 28.3 Å². The highest BCUT2D eigenvalue weighted by Gasteiger charge is 2.36. The molecule has 0 bridgehead atoms. The molecule has 0 saturated carbocycles. The van der Waals surface area contributed by atoms with E-state index in [-0.39, 0.29) is 11.9 Å². The van der Waals surface area contributed by atoms with Gasteiger partial charge in [0.2, 0.25) is 0 Å². The number of fused-ring (bicyclic) bond motifs is 1. The Labute approximate surface area is 155 Å². The predicted octanol–water partition coefficient (Wildman–Crippen LogP) is 2.59. The number of aryl methyl sites for hydroxylation is 1. The van der Waals surface area contributed by atoms with Crippen LogP contribution in [0.15, 0.2) is 43.0 Å². The van der Waals surface area contributed by atoms with E-state index in [1.165, 1.54) is 0 Å². The van der Waals surface area contributed by atoms with Crippen molar-refractivity contribution < 1.29 is 4.79 Å². The zero-order valence-electron chi connectivity index (χ0n) is 14.1. The molecule has 0 fully saturated rings. The third-order valence-corrected chi connectivity index (χ3v) is 4.86. The minimum absolute atomic E-state index is 0.0137. The molecule has 0 aliphatic carbocycles. The zero-order valence-corrected chi connectivity index (χ0v) is 14.9. The summed E-state index contributed by atoms with van der Waals surface area (Å²) in [5.41, 5.74) is 3.26. The second kappa shape index (κ2) is 6.70. The van der Waals surface area contributed by atoms with Gasteiger partial charge in [-0.05, 0) is 17.6 Å². The highest BCUT2D eigenvalue weighted by atomic mass is 35.5. The second-order valence-corrected chi connectivity index (χ2v) is 6.47. The van der Waals surface area contributed by atoms with Gasteiger partial charge in [0.15, 0.2) is 0 Å². The lowest BCUT2D eigenvalue weighted by atomic mass is 10.0. The first kappa shape index (κ1) is 16.4. The number of halogens is 1. The first-order chi connectivity index (χ1) is 12.6. The maximum atomic E-state index is 12.9. The summed E-state index contributed by atoms with van der Waals surface area (Å²) in [5, 5.41) is 4.80. The van der Waals surface area contributed by atoms with Crippen molar-refractivity contribution in [3.63, 3.8) is 0 Å². The Morgan fingerprint density at radius 3 is 2.92 bits per heavy atom. The maximum Gasteiger partial charge on any atom is 0.255 e. The van der Waals surface area contributed by atoms with E-state index in [4.69, 9.17) is 11.6 Å². The van der Waals surface area contributed by atoms with Crippen LogP contribution >= 0.6 is 11.6 Å². The minimum Gasteiger partial charge on any atom is -0.350 e. The van der Waals surface area contributed by atoms with E-state index in [0.717, 1.165) is 16.8 Å². The Morgan fingerprint density at radius 2 is 2.19 bits per heavy atom. The Morgan fingerprint density at radius 1 is 1.35 bits per heavy atom. The molecule has 1 amide bonds. The number of carbonyl (C=O) groups excluding carboxylic acids is 1. The molecular weight excluding hydrogens is 350 g/mol. The molecule has 1 atom stereocenters. The lowest BCUT2D eigenvalue weighted by Gasteiger charge is -2.23. The quantitative estimate of drug-likeness (QED) is 0.725. The summed E-state index contributed by atoms with van der Waals surface area (Å²) >= 11 is 6.28. The average Bonchev–Trinajstić information content (AvgIpc) is 3.33. The van der Waals surface area contributed by atoms with Gasteiger partial charge in [0.1, 0.15) is 5.69 Å². The number of amides is 1. The normalized spacial score (nSPS) is 15.7. The number of hydrogen-bond donors (Lipinski definition) is 1. The molecule has 3 heterocycles. The van der Waals surface area contributed by atoms with Crippen LogP contribution in [0.3, 0.4) is 0 Å². The first-order valence-electron chi connectivity index (χ1n) is 8.19. The number of nitrogens with zero attached hydrogens (tertiary/aromatic N) is 4. The highest BCUT2D eigenvalue weighted by Crippen LogP contribution is 2.36. The summed E-state index contributed by atoms with van der Waals surface area (Å²) in [6.45, 7) is 0.320. The van der Waals surface area contributed by atoms with Gasteiger partial charge in [0.25, 0.3) is 5.91 Å². The third kappa shape index (κ3) is 2.87. The molecule has 1 aromatic carbocycles. The van der Waals surface area contributed by atoms with Gasteiger partial charge >= 0.3 is 0 Å². The van der Waals surface area contributed by atoms with Crippen molar-refractivity contribution in [1.82, 2.24) is 24.6 Å². The molecule has 2 aromatic heterocycles. The van der Waals surface area contributed by atoms with Crippen LogP contribution < -0.4 is 0 Å². The van der Waals surface area contributed by atoms with Gasteiger partial charge in [-0.2, -0.15) is 5.10 Å². The SMILES string of the molecule is Cn1ncc(Cl)c1CC1c2ccccc2C(=O)N1CC#Cc1c[nH]cn1. The van der Waals surface area contributed by atoms with Crippen LogP contribution in [0.4, 0.5) is 0 Å². The molecule has 4 rings (SSSR count). The molecular formula is C19H16ClN5O. The Kier molecular flexibility index (Phi) is 4.23. The number of aromatic amines is 1. The number of nitrogens with one attached hydrogen (secondary N) is 1. The van der Waals surface area contributed by atoms with Gasteiger partial charge in [0, 0.05) is 25.2 Å². The van der Waals surface area contributed by atoms with E-state index in [2.05, 4.69) is 26.9 Å². The molecule has 0 radical (unpaired) electrons. The number of aromatic nitrogens is 4. The molecule has 0 spiro atoms. The summed E-state index contributed by atoms with van der Waals surface area (Å²) < 4.78 is 1.75. The van der Waals surface area contributed by atoms with E-state index in [0.29, 0.717) is 23.7 Å². The van der Waals surface area contributed by atoms with Crippen LogP contribution in [0.1, 0.15) is 33.4 Å². The van der Waals surface area contributed by atoms with Gasteiger partial charge in [-0.3, -0.25) is 9.48 Å². The van der Waals surface area contributed by atoms with Crippen LogP contribution in [0.25, 0.3) is 0 Å². The van der Waals surface area contributed by atoms with Crippen molar-refractivity contribution in [2.24, 2.45) is 7.05 Å². The average molecular weight is 366 g/mol. The summed E-state index contributed by atoms with van der Waals surface area (Å²) in [5.74, 6) is 6.01. The minimum atomic E-state index is -0.125. The molecule has 6 nitrogen and oxygen atoms in total. The number of hydrogen-bond acceptors (Lipinski definition) is 3. The van der Waals surface area contributed by atoms with Crippen molar-refractivity contribution in [1.29, 1.82) is 0 Å². The lowest BCUT2D eigenvalue weighted by Crippen LogP contribution is -2.30. The van der Waals surface area contributed by atoms with Crippen LogP contribution in [-0.4, -0.2) is 37.1 Å². The van der Waals surface area contributed by atoms with Gasteiger partial charge in [-0.1, -0.05) is 35.7 Å². The van der Waals surface area contributed by atoms with E-state index in [9.17, 15) is 4.79 Å². The van der Waals surface area contributed by atoms with Gasteiger partial charge in [-0.15, -0.1) is 0 Å². The summed E-state index contributed by atoms with van der Waals surface area (Å²) in [4.78, 5) is 21.6. The molecule has 1 aliphatic rings. The van der Waals surface area contributed by atoms with E-state index < -0.39 is 0 Å². The van der Waals surface area contributed by atoms with Gasteiger partial charge in [0.05, 0.1) is 35.8 Å². The van der Waals surface area contributed by atoms with Crippen molar-refractivity contribution in [2.75, 3.05) is 6.54 Å². The topological polar surface area (TPSA) is 66.8 Å². The molecule has 130 valence electrons. The summed E-state index contributed by atoms with van der Waals surface area (Å²) in [6, 6.07) is 7.55. The Bertz CT molecular complexity index is 993. The summed E-state index contributed by atoms with van der Waals surface area (Å²) in [7, 11) is 1.85. The Balaban J connectivity index is 1.66. The van der Waals surface area contributed by atoms with Crippen molar-refractivity contribution in [2.45, 2.75) is 12.5 Å². The van der Waals surface area contributed by atoms with Crippen LogP contribution in [-0.2, 0) is 13.5 Å². The smallest absolute Gasteiger partial charge is 0.255 e. The monoisotopic (exact) mass is 365 g/mol. The molecule has 26 heavy (non-hydrogen) atoms. The fourth-order valence-electron chi connectivity index (χ4n) is 3.24. The van der Waals surface area contributed by atoms with Gasteiger partial charge < -0.3 is 9.88 Å². The predicted molar refractivity (Wildman–Crippen MR) is 97.6 cm³/mol. The number of rotatable bonds is 3. The maximum absolute atomic E-state index is 12.9. The van der Waals surface area contributed by atoms with Crippen molar-refractivity contribution in [3.05, 3.63) is 70.5 Å². The number of carbonyl (C=O) groups is 1. The van der Waals surface area contributed by atoms with Crippen LogP contribution in [0.5, 0.6) is 0 Å². The van der Waals surface area contributed by atoms with Gasteiger partial charge in [-0.25, -0.2) is 4.98 Å². The fraction of sp³-hybridized carbons (Fsp3) is 0.211. The second-order valence-electron chi connectivity index (χ2n) is 6.06. The largest absolute Gasteiger partial charge is 0.350 e. The molecule has 1 unspecified atom stereocenters. The number of benzene rings is 1. The molecule has 3 aromatic rings. The summed E-state index contributed by atoms with van der Waals surface area (Å²) in [6.07, 6.45) is 5.51. The van der Waals surface area contributed by atoms with E-state index >= 15 is 0 Å². The third-order valence-electron chi connectivity index (χ3n) is 4.55. The Hall–Kier alpha value is -3.04. The first-order valence-corrected chi connectivity index (χ1v) is 8.57. The zero-order chi connectivity index (χ0) is 18.1. The van der Waals surface area contributed by atoms with Crippen molar-refractivity contribution in [3.8, 4) is 11.8 Å². The molecule has 7 heteroatoms. The fourth-order valence-corrected chi connectivity index (χ4v) is 3.48. The van der Waals surface area contributed by atoms with E-state index in [1.807, 2.05) is 31.3 Å². The van der Waals surface area contributed by atoms with Crippen LogP contribution in [0.2, 0.25) is 5.02 Å². The van der Waals surface area contributed by atoms with Crippen molar-refractivity contribution >= 4 is 17.5 Å². The molecule has 1 N–H and O–H groups in total. The molecule has 1 aliphatic heterocycles. The number of H-pyrrole nitrogens is 1. The number of imidazole rings is 1. The highest BCUT2D eigenvalue weighted by molar-refractivity contribution is 6.31. The molecule has 0 saturated heterocycles. The lowest BCUT2D eigenvalue weighted by molar-refractivity contribution is 0.0750.